The number of methoxy groups -OCH3 is 4. The Balaban J connectivity index is 0.000000212. The second-order valence-corrected chi connectivity index (χ2v) is 15.2. The van der Waals surface area contributed by atoms with Gasteiger partial charge in [0, 0.05) is 12.2 Å². The Kier molecular flexibility index (Phi) is 14.2. The lowest BCUT2D eigenvalue weighted by Crippen LogP contribution is -2.46. The van der Waals surface area contributed by atoms with Crippen LogP contribution in [0.1, 0.15) is 97.6 Å². The SMILES string of the molecule is COC(=S)Cl.COC(=S)OC1=C(c2c(C)cc(OC)cc2C)C(=O)NC12CCCCC2.COc1cc(C)c(C2=C(O)C3(CCCCC3)NC2=O)c(C)c1. The van der Waals surface area contributed by atoms with Crippen LogP contribution in [0.5, 0.6) is 11.5 Å². The molecule has 2 aliphatic carbocycles. The monoisotopic (exact) mass is 786 g/mol. The van der Waals surface area contributed by atoms with Crippen LogP contribution in [0.3, 0.4) is 0 Å². The molecule has 2 heterocycles. The van der Waals surface area contributed by atoms with Gasteiger partial charge in [0.25, 0.3) is 16.3 Å². The number of rotatable bonds is 5. The van der Waals surface area contributed by atoms with E-state index >= 15 is 0 Å². The van der Waals surface area contributed by atoms with E-state index in [1.165, 1.54) is 20.6 Å². The molecule has 288 valence electrons. The van der Waals surface area contributed by atoms with E-state index in [9.17, 15) is 14.7 Å². The van der Waals surface area contributed by atoms with Crippen molar-refractivity contribution < 1.29 is 38.4 Å². The van der Waals surface area contributed by atoms with E-state index in [-0.39, 0.29) is 27.3 Å². The van der Waals surface area contributed by atoms with Crippen LogP contribution in [-0.4, -0.2) is 66.2 Å². The number of amides is 2. The van der Waals surface area contributed by atoms with Gasteiger partial charge in [0.1, 0.15) is 23.0 Å². The number of nitrogens with one attached hydrogen (secondary N) is 2. The van der Waals surface area contributed by atoms with Gasteiger partial charge < -0.3 is 39.4 Å². The summed E-state index contributed by atoms with van der Waals surface area (Å²) < 4.78 is 25.9. The Bertz CT molecular complexity index is 1760. The van der Waals surface area contributed by atoms with Crippen LogP contribution < -0.4 is 20.1 Å². The summed E-state index contributed by atoms with van der Waals surface area (Å²) in [5, 5.41) is 17.1. The van der Waals surface area contributed by atoms with Gasteiger partial charge in [-0.1, -0.05) is 38.5 Å². The van der Waals surface area contributed by atoms with Crippen LogP contribution in [0.25, 0.3) is 11.1 Å². The molecule has 3 N–H and O–H groups in total. The van der Waals surface area contributed by atoms with E-state index in [2.05, 4.69) is 27.6 Å². The largest absolute Gasteiger partial charge is 0.509 e. The smallest absolute Gasteiger partial charge is 0.357 e. The van der Waals surface area contributed by atoms with Gasteiger partial charge >= 0.3 is 5.24 Å². The molecule has 6 rings (SSSR count). The number of thiocarbonyl (C=S) groups is 2. The maximum atomic E-state index is 13.0. The van der Waals surface area contributed by atoms with Crippen molar-refractivity contribution in [1.29, 1.82) is 0 Å². The maximum Gasteiger partial charge on any atom is 0.357 e. The fourth-order valence-electron chi connectivity index (χ4n) is 7.99. The Morgan fingerprint density at radius 1 is 0.660 bits per heavy atom. The van der Waals surface area contributed by atoms with Crippen molar-refractivity contribution in [3.05, 3.63) is 69.2 Å². The fourth-order valence-corrected chi connectivity index (χ4v) is 8.08. The van der Waals surface area contributed by atoms with Crippen molar-refractivity contribution >= 4 is 68.7 Å². The summed E-state index contributed by atoms with van der Waals surface area (Å²) in [6.45, 7) is 7.85. The summed E-state index contributed by atoms with van der Waals surface area (Å²) in [7, 11) is 6.17. The lowest BCUT2D eigenvalue weighted by molar-refractivity contribution is -0.117. The Labute approximate surface area is 328 Å². The van der Waals surface area contributed by atoms with Crippen LogP contribution in [0.2, 0.25) is 0 Å². The third kappa shape index (κ3) is 9.09. The minimum atomic E-state index is -0.538. The predicted octanol–water partition coefficient (Wildman–Crippen LogP) is 8.37. The third-order valence-corrected chi connectivity index (χ3v) is 11.0. The number of aryl methyl sites for hydroxylation is 4. The first-order valence-corrected chi connectivity index (χ1v) is 19.0. The number of halogens is 1. The van der Waals surface area contributed by atoms with Crippen LogP contribution >= 0.6 is 36.0 Å². The molecule has 0 saturated heterocycles. The zero-order valence-electron chi connectivity index (χ0n) is 31.9. The molecule has 0 bridgehead atoms. The second-order valence-electron chi connectivity index (χ2n) is 13.9. The maximum absolute atomic E-state index is 13.0. The predicted molar refractivity (Wildman–Crippen MR) is 215 cm³/mol. The van der Waals surface area contributed by atoms with Crippen LogP contribution in [0.15, 0.2) is 35.8 Å². The highest BCUT2D eigenvalue weighted by molar-refractivity contribution is 7.82. The van der Waals surface area contributed by atoms with Crippen molar-refractivity contribution in [2.45, 2.75) is 103 Å². The third-order valence-electron chi connectivity index (χ3n) is 10.4. The van der Waals surface area contributed by atoms with E-state index in [1.54, 1.807) is 14.2 Å². The first-order valence-electron chi connectivity index (χ1n) is 17.8. The van der Waals surface area contributed by atoms with Crippen molar-refractivity contribution in [3.8, 4) is 11.5 Å². The van der Waals surface area contributed by atoms with Gasteiger partial charge in [-0.25, -0.2) is 0 Å². The lowest BCUT2D eigenvalue weighted by atomic mass is 9.80. The van der Waals surface area contributed by atoms with Gasteiger partial charge in [0.2, 0.25) is 0 Å². The molecule has 0 atom stereocenters. The van der Waals surface area contributed by atoms with Crippen molar-refractivity contribution in [1.82, 2.24) is 10.6 Å². The number of hydrogen-bond donors (Lipinski definition) is 3. The minimum Gasteiger partial charge on any atom is -0.509 e. The average Bonchev–Trinajstić information content (AvgIpc) is 3.51. The summed E-state index contributed by atoms with van der Waals surface area (Å²) in [5.41, 5.74) is 5.49. The molecule has 2 saturated carbocycles. The Hall–Kier alpha value is -3.87. The second kappa shape index (κ2) is 18.0. The van der Waals surface area contributed by atoms with Crippen LogP contribution in [0, 0.1) is 27.7 Å². The molecule has 2 aromatic rings. The zero-order valence-corrected chi connectivity index (χ0v) is 34.3. The molecule has 2 aliphatic heterocycles. The quantitative estimate of drug-likeness (QED) is 0.201. The summed E-state index contributed by atoms with van der Waals surface area (Å²) in [4.78, 5) is 25.6. The van der Waals surface area contributed by atoms with E-state index in [1.807, 2.05) is 52.0 Å². The van der Waals surface area contributed by atoms with Gasteiger partial charge in [-0.05, 0) is 135 Å². The molecule has 2 fully saturated rings. The lowest BCUT2D eigenvalue weighted by Gasteiger charge is -2.35. The summed E-state index contributed by atoms with van der Waals surface area (Å²) >= 11 is 14.4. The highest BCUT2D eigenvalue weighted by Crippen LogP contribution is 2.45. The highest BCUT2D eigenvalue weighted by Gasteiger charge is 2.49. The zero-order chi connectivity index (χ0) is 39.1. The topological polar surface area (TPSA) is 125 Å². The highest BCUT2D eigenvalue weighted by atomic mass is 35.5. The molecule has 13 heteroatoms. The number of ether oxygens (including phenoxy) is 5. The van der Waals surface area contributed by atoms with Gasteiger partial charge in [-0.15, -0.1) is 0 Å². The minimum absolute atomic E-state index is 0.0303. The number of carbonyl (C=O) groups is 2. The fraction of sp³-hybridized carbons (Fsp3) is 0.500. The van der Waals surface area contributed by atoms with E-state index in [0.29, 0.717) is 16.9 Å². The van der Waals surface area contributed by atoms with Gasteiger partial charge in [-0.3, -0.25) is 9.59 Å². The Morgan fingerprint density at radius 2 is 1.04 bits per heavy atom. The standard InChI is InChI=1S/C20H25NO4S.C18H23NO3.C2H3ClOS/c1-12-10-14(23-3)11-13(2)15(12)16-17(25-19(26)24-4)20(21-18(16)22)8-6-5-7-9-20;1-11-9-13(22-3)10-12(2)14(11)15-16(20)18(19-17(15)21)7-5-4-6-8-18;1-4-2(3)5/h10-11H,5-9H2,1-4H3,(H,21,22);9-10,20H,4-8H2,1-3H3,(H,19,21);1H3. The molecular weight excluding hydrogens is 736 g/mol. The normalized spacial score (nSPS) is 18.3. The average molecular weight is 787 g/mol. The molecular formula is C40H51ClN2O8S2. The molecule has 4 aliphatic rings. The van der Waals surface area contributed by atoms with E-state index < -0.39 is 11.1 Å². The number of benzene rings is 2. The van der Waals surface area contributed by atoms with E-state index in [4.69, 9.17) is 42.8 Å². The van der Waals surface area contributed by atoms with Crippen LogP contribution in [0.4, 0.5) is 0 Å². The molecule has 53 heavy (non-hydrogen) atoms. The van der Waals surface area contributed by atoms with Crippen molar-refractivity contribution in [2.24, 2.45) is 0 Å². The number of aliphatic hydroxyl groups excluding tert-OH is 1. The van der Waals surface area contributed by atoms with Crippen molar-refractivity contribution in [3.63, 3.8) is 0 Å². The van der Waals surface area contributed by atoms with Gasteiger partial charge in [0.15, 0.2) is 0 Å². The van der Waals surface area contributed by atoms with Crippen molar-refractivity contribution in [2.75, 3.05) is 28.4 Å². The molecule has 0 aromatic heterocycles. The molecule has 2 amide bonds. The van der Waals surface area contributed by atoms with Crippen LogP contribution in [-0.2, 0) is 23.8 Å². The molecule has 2 aromatic carbocycles. The van der Waals surface area contributed by atoms with E-state index in [0.717, 1.165) is 103 Å². The summed E-state index contributed by atoms with van der Waals surface area (Å²) in [5.74, 6) is 2.10. The summed E-state index contributed by atoms with van der Waals surface area (Å²) in [6, 6.07) is 7.67. The molecule has 2 spiro atoms. The molecule has 10 nitrogen and oxygen atoms in total. The van der Waals surface area contributed by atoms with Gasteiger partial charge in [-0.2, -0.15) is 0 Å². The number of carbonyl (C=O) groups excluding carboxylic acids is 2. The first-order chi connectivity index (χ1) is 25.2. The molecule has 0 radical (unpaired) electrons. The van der Waals surface area contributed by atoms with Gasteiger partial charge in [0.05, 0.1) is 50.7 Å². The molecule has 0 unspecified atom stereocenters. The number of aliphatic hydroxyl groups is 1. The Morgan fingerprint density at radius 3 is 1.43 bits per heavy atom. The summed E-state index contributed by atoms with van der Waals surface area (Å²) in [6.07, 6.45) is 9.83. The first kappa shape index (κ1) is 41.9. The number of hydrogen-bond acceptors (Lipinski definition) is 10.